The van der Waals surface area contributed by atoms with E-state index in [1.165, 1.54) is 13.0 Å². The Morgan fingerprint density at radius 1 is 1.30 bits per heavy atom. The first-order valence-electron chi connectivity index (χ1n) is 5.71. The molecule has 8 heteroatoms. The number of nitrogens with two attached hydrogens (primary N) is 1. The molecule has 0 aliphatic rings. The van der Waals surface area contributed by atoms with Crippen LogP contribution in [-0.4, -0.2) is 31.4 Å². The van der Waals surface area contributed by atoms with Crippen molar-refractivity contribution >= 4 is 21.9 Å². The van der Waals surface area contributed by atoms with E-state index in [1.54, 1.807) is 13.8 Å². The Balaban J connectivity index is 3.25. The summed E-state index contributed by atoms with van der Waals surface area (Å²) < 4.78 is 22.9. The van der Waals surface area contributed by atoms with Crippen molar-refractivity contribution in [2.45, 2.75) is 31.7 Å². The first-order chi connectivity index (χ1) is 9.04. The fourth-order valence-corrected chi connectivity index (χ4v) is 2.47. The Morgan fingerprint density at radius 2 is 1.85 bits per heavy atom. The lowest BCUT2D eigenvalue weighted by Crippen LogP contribution is -2.38. The number of aryl methyl sites for hydroxylation is 1. The second-order valence-electron chi connectivity index (χ2n) is 4.49. The third kappa shape index (κ3) is 3.55. The fraction of sp³-hybridized carbons (Fsp3) is 0.333. The van der Waals surface area contributed by atoms with Crippen molar-refractivity contribution in [3.8, 4) is 0 Å². The molecule has 0 spiro atoms. The number of aliphatic carboxylic acids is 1. The summed E-state index contributed by atoms with van der Waals surface area (Å²) in [5.41, 5.74) is 1.07. The topological polar surface area (TPSA) is 127 Å². The number of carboxylic acids is 1. The molecule has 20 heavy (non-hydrogen) atoms. The molecule has 0 bridgehead atoms. The molecule has 4 N–H and O–H groups in total. The first kappa shape index (κ1) is 16.1. The average Bonchev–Trinajstić information content (AvgIpc) is 2.30. The van der Waals surface area contributed by atoms with Gasteiger partial charge in [-0.3, -0.25) is 9.59 Å². The van der Waals surface area contributed by atoms with Crippen LogP contribution in [0.25, 0.3) is 0 Å². The van der Waals surface area contributed by atoms with E-state index < -0.39 is 27.9 Å². The largest absolute Gasteiger partial charge is 0.480 e. The Bertz CT molecular complexity index is 667. The van der Waals surface area contributed by atoms with Crippen molar-refractivity contribution in [1.82, 2.24) is 5.32 Å². The average molecular weight is 300 g/mol. The number of amides is 1. The predicted molar refractivity (Wildman–Crippen MR) is 71.9 cm³/mol. The van der Waals surface area contributed by atoms with Crippen molar-refractivity contribution in [3.63, 3.8) is 0 Å². The van der Waals surface area contributed by atoms with E-state index in [0.29, 0.717) is 11.1 Å². The number of carboxylic acid groups (broad SMARTS) is 1. The zero-order chi connectivity index (χ0) is 15.7. The van der Waals surface area contributed by atoms with Gasteiger partial charge in [-0.15, -0.1) is 0 Å². The van der Waals surface area contributed by atoms with Crippen LogP contribution in [0.4, 0.5) is 0 Å². The number of primary sulfonamides is 1. The molecule has 0 saturated carbocycles. The zero-order valence-corrected chi connectivity index (χ0v) is 12.1. The summed E-state index contributed by atoms with van der Waals surface area (Å²) in [7, 11) is -3.95. The summed E-state index contributed by atoms with van der Waals surface area (Å²) in [6.45, 7) is 4.53. The highest BCUT2D eigenvalue weighted by Gasteiger charge is 2.20. The predicted octanol–water partition coefficient (Wildman–Crippen LogP) is 0.154. The third-order valence-corrected chi connectivity index (χ3v) is 3.94. The summed E-state index contributed by atoms with van der Waals surface area (Å²) in [6.07, 6.45) is 0. The molecule has 1 atom stereocenters. The zero-order valence-electron chi connectivity index (χ0n) is 11.3. The lowest BCUT2D eigenvalue weighted by Gasteiger charge is -2.12. The van der Waals surface area contributed by atoms with Gasteiger partial charge in [0.1, 0.15) is 6.04 Å². The summed E-state index contributed by atoms with van der Waals surface area (Å²) in [6, 6.07) is 1.54. The number of benzene rings is 1. The Kier molecular flexibility index (Phi) is 4.51. The van der Waals surface area contributed by atoms with Crippen LogP contribution in [0, 0.1) is 13.8 Å². The summed E-state index contributed by atoms with van der Waals surface area (Å²) >= 11 is 0. The van der Waals surface area contributed by atoms with E-state index in [-0.39, 0.29) is 10.5 Å². The summed E-state index contributed by atoms with van der Waals surface area (Å²) in [5.74, 6) is -1.86. The normalized spacial score (nSPS) is 12.8. The van der Waals surface area contributed by atoms with Crippen molar-refractivity contribution in [3.05, 3.63) is 28.8 Å². The minimum Gasteiger partial charge on any atom is -0.480 e. The van der Waals surface area contributed by atoms with Crippen LogP contribution in [0.2, 0.25) is 0 Å². The molecule has 0 aliphatic carbocycles. The smallest absolute Gasteiger partial charge is 0.325 e. The highest BCUT2D eigenvalue weighted by molar-refractivity contribution is 7.89. The summed E-state index contributed by atoms with van der Waals surface area (Å²) in [4.78, 5) is 22.4. The van der Waals surface area contributed by atoms with Gasteiger partial charge in [-0.05, 0) is 44.0 Å². The molecule has 1 aromatic carbocycles. The maximum absolute atomic E-state index is 11.9. The van der Waals surface area contributed by atoms with Crippen LogP contribution in [-0.2, 0) is 14.8 Å². The van der Waals surface area contributed by atoms with Crippen LogP contribution in [0.15, 0.2) is 17.0 Å². The molecule has 1 unspecified atom stereocenters. The second kappa shape index (κ2) is 5.59. The number of hydrogen-bond donors (Lipinski definition) is 3. The minimum atomic E-state index is -3.95. The quantitative estimate of drug-likeness (QED) is 0.729. The van der Waals surface area contributed by atoms with Crippen LogP contribution in [0.5, 0.6) is 0 Å². The molecule has 0 aliphatic heterocycles. The van der Waals surface area contributed by atoms with Crippen molar-refractivity contribution in [1.29, 1.82) is 0 Å². The number of rotatable bonds is 4. The maximum Gasteiger partial charge on any atom is 0.325 e. The highest BCUT2D eigenvalue weighted by atomic mass is 32.2. The molecule has 0 radical (unpaired) electrons. The number of carbonyl (C=O) groups excluding carboxylic acids is 1. The fourth-order valence-electron chi connectivity index (χ4n) is 1.60. The van der Waals surface area contributed by atoms with E-state index >= 15 is 0 Å². The van der Waals surface area contributed by atoms with Crippen molar-refractivity contribution in [2.75, 3.05) is 0 Å². The highest BCUT2D eigenvalue weighted by Crippen LogP contribution is 2.20. The number of carbonyl (C=O) groups is 2. The van der Waals surface area contributed by atoms with Gasteiger partial charge < -0.3 is 10.4 Å². The molecule has 0 saturated heterocycles. The van der Waals surface area contributed by atoms with Gasteiger partial charge in [-0.25, -0.2) is 13.6 Å². The lowest BCUT2D eigenvalue weighted by molar-refractivity contribution is -0.138. The van der Waals surface area contributed by atoms with E-state index in [9.17, 15) is 18.0 Å². The van der Waals surface area contributed by atoms with Gasteiger partial charge in [0, 0.05) is 5.56 Å². The molecule has 1 aromatic rings. The summed E-state index contributed by atoms with van der Waals surface area (Å²) in [5, 5.41) is 16.1. The molecule has 0 fully saturated rings. The van der Waals surface area contributed by atoms with Gasteiger partial charge >= 0.3 is 5.97 Å². The van der Waals surface area contributed by atoms with Gasteiger partial charge in [0.25, 0.3) is 5.91 Å². The molecular weight excluding hydrogens is 284 g/mol. The Labute approximate surface area is 116 Å². The molecule has 110 valence electrons. The SMILES string of the molecule is Cc1cc(C(=O)NC(C)C(=O)O)cc(S(N)(=O)=O)c1C. The molecule has 7 nitrogen and oxygen atoms in total. The Morgan fingerprint density at radius 3 is 2.30 bits per heavy atom. The number of hydrogen-bond acceptors (Lipinski definition) is 4. The van der Waals surface area contributed by atoms with Crippen LogP contribution >= 0.6 is 0 Å². The van der Waals surface area contributed by atoms with Crippen LogP contribution < -0.4 is 10.5 Å². The van der Waals surface area contributed by atoms with Gasteiger partial charge in [0.05, 0.1) is 4.90 Å². The first-order valence-corrected chi connectivity index (χ1v) is 7.26. The lowest BCUT2D eigenvalue weighted by atomic mass is 10.1. The van der Waals surface area contributed by atoms with Gasteiger partial charge in [-0.1, -0.05) is 0 Å². The standard InChI is InChI=1S/C12H16N2O5S/c1-6-4-9(11(15)14-8(3)12(16)17)5-10(7(6)2)20(13,18)19/h4-5,8H,1-3H3,(H,14,15)(H,16,17)(H2,13,18,19). The van der Waals surface area contributed by atoms with Crippen LogP contribution in [0.1, 0.15) is 28.4 Å². The molecule has 0 aromatic heterocycles. The molecule has 1 amide bonds. The minimum absolute atomic E-state index is 0.0465. The Hall–Kier alpha value is -1.93. The van der Waals surface area contributed by atoms with Gasteiger partial charge in [0.2, 0.25) is 10.0 Å². The third-order valence-electron chi connectivity index (χ3n) is 2.91. The van der Waals surface area contributed by atoms with Gasteiger partial charge in [-0.2, -0.15) is 0 Å². The van der Waals surface area contributed by atoms with Crippen LogP contribution in [0.3, 0.4) is 0 Å². The number of nitrogens with one attached hydrogen (secondary N) is 1. The number of sulfonamides is 1. The van der Waals surface area contributed by atoms with E-state index in [1.807, 2.05) is 0 Å². The van der Waals surface area contributed by atoms with Crippen molar-refractivity contribution < 1.29 is 23.1 Å². The second-order valence-corrected chi connectivity index (χ2v) is 6.02. The van der Waals surface area contributed by atoms with Crippen molar-refractivity contribution in [2.24, 2.45) is 5.14 Å². The van der Waals surface area contributed by atoms with E-state index in [4.69, 9.17) is 10.2 Å². The maximum atomic E-state index is 11.9. The molecule has 0 heterocycles. The van der Waals surface area contributed by atoms with E-state index in [2.05, 4.69) is 5.32 Å². The van der Waals surface area contributed by atoms with Gasteiger partial charge in [0.15, 0.2) is 0 Å². The van der Waals surface area contributed by atoms with E-state index in [0.717, 1.165) is 6.07 Å². The molecular formula is C12H16N2O5S. The molecule has 1 rings (SSSR count). The monoisotopic (exact) mass is 300 g/mol.